The molecule has 0 amide bonds. The largest absolute Gasteiger partial charge is 1.00 e. The molecule has 2 aliphatic rings. The second-order valence-electron chi connectivity index (χ2n) is 9.43. The SMILES string of the molecule is CCC(CC)(C1=[C]([Zr+2][C]2=C(C(CC)(CC)c3ccccc3)C=CC2)CC=C1)c1ccccc1.[Cl-].[Cl-]. The van der Waals surface area contributed by atoms with E-state index in [1.807, 2.05) is 0 Å². The summed E-state index contributed by atoms with van der Waals surface area (Å²) in [6.07, 6.45) is 16.9. The molecule has 0 aliphatic heterocycles. The van der Waals surface area contributed by atoms with Gasteiger partial charge in [-0.15, -0.1) is 0 Å². The Morgan fingerprint density at radius 1 is 0.571 bits per heavy atom. The Balaban J connectivity index is 0.00000216. The Labute approximate surface area is 237 Å². The molecule has 0 saturated heterocycles. The molecule has 0 atom stereocenters. The Morgan fingerprint density at radius 2 is 0.914 bits per heavy atom. The van der Waals surface area contributed by atoms with E-state index in [1.54, 1.807) is 17.7 Å². The molecule has 0 heterocycles. The van der Waals surface area contributed by atoms with Gasteiger partial charge < -0.3 is 24.8 Å². The fourth-order valence-electron chi connectivity index (χ4n) is 6.23. The summed E-state index contributed by atoms with van der Waals surface area (Å²) in [5.74, 6) is 0. The van der Waals surface area contributed by atoms with Crippen molar-refractivity contribution < 1.29 is 48.0 Å². The molecule has 0 fully saturated rings. The van der Waals surface area contributed by atoms with Crippen LogP contribution in [0.3, 0.4) is 0 Å². The summed E-state index contributed by atoms with van der Waals surface area (Å²) in [6.45, 7) is 9.53. The number of allylic oxidation sites excluding steroid dienone is 8. The number of hydrogen-bond acceptors (Lipinski definition) is 0. The summed E-state index contributed by atoms with van der Waals surface area (Å²) in [5, 5.41) is 0. The van der Waals surface area contributed by atoms with Crippen LogP contribution in [0.15, 0.2) is 103 Å². The third kappa shape index (κ3) is 5.59. The molecule has 184 valence electrons. The molecule has 0 radical (unpaired) electrons. The van der Waals surface area contributed by atoms with Crippen LogP contribution in [0.2, 0.25) is 0 Å². The van der Waals surface area contributed by atoms with Crippen LogP contribution in [0, 0.1) is 0 Å². The second-order valence-corrected chi connectivity index (χ2v) is 13.0. The molecular formula is C32H38Cl2Zr. The first-order chi connectivity index (χ1) is 16.1. The second kappa shape index (κ2) is 13.4. The quantitative estimate of drug-likeness (QED) is 0.403. The average Bonchev–Trinajstić information content (AvgIpc) is 3.54. The maximum atomic E-state index is 2.49. The Bertz CT molecular complexity index is 982. The van der Waals surface area contributed by atoms with Gasteiger partial charge in [0.2, 0.25) is 0 Å². The van der Waals surface area contributed by atoms with E-state index in [1.165, 1.54) is 24.0 Å². The predicted molar refractivity (Wildman–Crippen MR) is 139 cm³/mol. The number of rotatable bonds is 10. The Kier molecular flexibility index (Phi) is 11.5. The van der Waals surface area contributed by atoms with Crippen LogP contribution in [0.1, 0.15) is 77.3 Å². The van der Waals surface area contributed by atoms with Crippen molar-refractivity contribution in [2.24, 2.45) is 0 Å². The minimum Gasteiger partial charge on any atom is -1.00 e. The Hall–Kier alpha value is -1.14. The zero-order valence-corrected chi connectivity index (χ0v) is 25.6. The van der Waals surface area contributed by atoms with Gasteiger partial charge in [-0.2, -0.15) is 0 Å². The van der Waals surface area contributed by atoms with Crippen molar-refractivity contribution in [2.45, 2.75) is 77.0 Å². The standard InChI is InChI=1S/2C16H19.2ClH.Zr/c2*1-3-16(4-2,15-12-8-9-13-15)14-10-6-5-7-11-14;;;/h2*5-8,10-12H,3-4,9H2,1-2H3;2*1H;/q;;;;+2/p-2. The molecule has 0 N–H and O–H groups in total. The predicted octanol–water partition coefficient (Wildman–Crippen LogP) is 3.02. The van der Waals surface area contributed by atoms with E-state index >= 15 is 0 Å². The van der Waals surface area contributed by atoms with Crippen LogP contribution in [0.25, 0.3) is 0 Å². The molecule has 2 aliphatic carbocycles. The molecule has 35 heavy (non-hydrogen) atoms. The summed E-state index contributed by atoms with van der Waals surface area (Å²) in [4.78, 5) is 0. The fraction of sp³-hybridized carbons (Fsp3) is 0.375. The van der Waals surface area contributed by atoms with Crippen molar-refractivity contribution in [1.82, 2.24) is 0 Å². The van der Waals surface area contributed by atoms with Gasteiger partial charge in [-0.25, -0.2) is 0 Å². The van der Waals surface area contributed by atoms with Gasteiger partial charge in [0, 0.05) is 0 Å². The van der Waals surface area contributed by atoms with Gasteiger partial charge >= 0.3 is 214 Å². The average molecular weight is 585 g/mol. The summed E-state index contributed by atoms with van der Waals surface area (Å²) in [6, 6.07) is 22.6. The van der Waals surface area contributed by atoms with E-state index in [0.717, 1.165) is 25.7 Å². The topological polar surface area (TPSA) is 0 Å². The summed E-state index contributed by atoms with van der Waals surface area (Å²) in [5.41, 5.74) is 6.61. The molecule has 2 aromatic rings. The van der Waals surface area contributed by atoms with E-state index in [9.17, 15) is 0 Å². The smallest absolute Gasteiger partial charge is 1.00 e. The van der Waals surface area contributed by atoms with Gasteiger partial charge in [0.15, 0.2) is 0 Å². The van der Waals surface area contributed by atoms with Gasteiger partial charge in [0.05, 0.1) is 0 Å². The van der Waals surface area contributed by atoms with Crippen molar-refractivity contribution in [1.29, 1.82) is 0 Å². The molecule has 0 unspecified atom stereocenters. The summed E-state index contributed by atoms with van der Waals surface area (Å²) < 4.78 is 3.60. The van der Waals surface area contributed by atoms with Crippen molar-refractivity contribution in [3.63, 3.8) is 0 Å². The van der Waals surface area contributed by atoms with E-state index < -0.39 is 23.2 Å². The zero-order chi connectivity index (χ0) is 23.3. The number of halogens is 2. The van der Waals surface area contributed by atoms with Crippen LogP contribution in [0.4, 0.5) is 0 Å². The summed E-state index contributed by atoms with van der Waals surface area (Å²) in [7, 11) is 0. The molecule has 0 nitrogen and oxygen atoms in total. The van der Waals surface area contributed by atoms with Gasteiger partial charge in [0.25, 0.3) is 0 Å². The third-order valence-electron chi connectivity index (χ3n) is 8.26. The van der Waals surface area contributed by atoms with Gasteiger partial charge in [-0.05, 0) is 0 Å². The Morgan fingerprint density at radius 3 is 1.23 bits per heavy atom. The number of benzene rings is 2. The minimum atomic E-state index is -0.863. The molecule has 0 spiro atoms. The van der Waals surface area contributed by atoms with E-state index in [4.69, 9.17) is 0 Å². The van der Waals surface area contributed by atoms with Crippen LogP contribution in [-0.2, 0) is 34.1 Å². The van der Waals surface area contributed by atoms with E-state index in [0.29, 0.717) is 0 Å². The molecular weight excluding hydrogens is 546 g/mol. The van der Waals surface area contributed by atoms with Crippen LogP contribution in [-0.4, -0.2) is 0 Å². The first kappa shape index (κ1) is 30.1. The van der Waals surface area contributed by atoms with Gasteiger partial charge in [0.1, 0.15) is 0 Å². The summed E-state index contributed by atoms with van der Waals surface area (Å²) >= 11 is -0.863. The molecule has 0 bridgehead atoms. The molecule has 4 rings (SSSR count). The van der Waals surface area contributed by atoms with E-state index in [2.05, 4.69) is 113 Å². The normalized spacial score (nSPS) is 15.2. The first-order valence-electron chi connectivity index (χ1n) is 12.8. The van der Waals surface area contributed by atoms with Gasteiger partial charge in [-0.1, -0.05) is 0 Å². The molecule has 0 aromatic heterocycles. The fourth-order valence-corrected chi connectivity index (χ4v) is 10.5. The maximum Gasteiger partial charge on any atom is -1.00 e. The number of hydrogen-bond donors (Lipinski definition) is 0. The minimum absolute atomic E-state index is 0. The first-order valence-corrected chi connectivity index (χ1v) is 15.3. The van der Waals surface area contributed by atoms with E-state index in [-0.39, 0.29) is 35.6 Å². The molecule has 3 heteroatoms. The monoisotopic (exact) mass is 582 g/mol. The van der Waals surface area contributed by atoms with Crippen LogP contribution < -0.4 is 24.8 Å². The maximum absolute atomic E-state index is 2.49. The van der Waals surface area contributed by atoms with Crippen molar-refractivity contribution in [3.8, 4) is 0 Å². The van der Waals surface area contributed by atoms with Crippen LogP contribution in [0.5, 0.6) is 0 Å². The van der Waals surface area contributed by atoms with Crippen molar-refractivity contribution >= 4 is 0 Å². The molecule has 2 aromatic carbocycles. The molecule has 0 saturated carbocycles. The van der Waals surface area contributed by atoms with Crippen molar-refractivity contribution in [2.75, 3.05) is 0 Å². The zero-order valence-electron chi connectivity index (χ0n) is 21.6. The third-order valence-corrected chi connectivity index (χ3v) is 12.1. The van der Waals surface area contributed by atoms with Gasteiger partial charge in [-0.3, -0.25) is 0 Å². The van der Waals surface area contributed by atoms with Crippen LogP contribution >= 0.6 is 0 Å². The van der Waals surface area contributed by atoms with Crippen molar-refractivity contribution in [3.05, 3.63) is 114 Å².